The van der Waals surface area contributed by atoms with E-state index < -0.39 is 41.1 Å². The Morgan fingerprint density at radius 3 is 2.23 bits per heavy atom. The molecule has 0 radical (unpaired) electrons. The number of nitrogens with one attached hydrogen (secondary N) is 2. The Kier molecular flexibility index (Phi) is 11.1. The average molecular weight is 492 g/mol. The summed E-state index contributed by atoms with van der Waals surface area (Å²) in [5.41, 5.74) is -0.309. The molecular formula is C27H45N3O5. The summed E-state index contributed by atoms with van der Waals surface area (Å²) in [6.07, 6.45) is 2.89. The highest BCUT2D eigenvalue weighted by atomic mass is 16.6. The summed E-state index contributed by atoms with van der Waals surface area (Å²) in [5.74, 6) is -0.852. The van der Waals surface area contributed by atoms with Gasteiger partial charge in [0.1, 0.15) is 23.4 Å². The number of para-hydroxylation sites is 1. The Morgan fingerprint density at radius 2 is 1.69 bits per heavy atom. The van der Waals surface area contributed by atoms with Crippen LogP contribution in [0, 0.1) is 6.92 Å². The van der Waals surface area contributed by atoms with Crippen LogP contribution in [0.2, 0.25) is 0 Å². The fourth-order valence-corrected chi connectivity index (χ4v) is 3.66. The van der Waals surface area contributed by atoms with Crippen LogP contribution in [-0.4, -0.2) is 51.6 Å². The minimum absolute atomic E-state index is 0.0272. The maximum atomic E-state index is 13.7. The van der Waals surface area contributed by atoms with Crippen molar-refractivity contribution in [2.45, 2.75) is 111 Å². The molecule has 3 amide bonds. The maximum Gasteiger partial charge on any atom is 0.408 e. The highest BCUT2D eigenvalue weighted by molar-refractivity contribution is 5.92. The van der Waals surface area contributed by atoms with Crippen LogP contribution in [0.4, 0.5) is 4.79 Å². The van der Waals surface area contributed by atoms with Gasteiger partial charge in [0.05, 0.1) is 0 Å². The van der Waals surface area contributed by atoms with Gasteiger partial charge in [0, 0.05) is 17.6 Å². The van der Waals surface area contributed by atoms with Gasteiger partial charge < -0.3 is 25.4 Å². The fraction of sp³-hybridized carbons (Fsp3) is 0.667. The molecule has 2 atom stereocenters. The molecule has 0 spiro atoms. The number of nitrogens with zero attached hydrogens (tertiary/aromatic N) is 1. The fourth-order valence-electron chi connectivity index (χ4n) is 3.66. The van der Waals surface area contributed by atoms with Gasteiger partial charge in [-0.2, -0.15) is 0 Å². The zero-order valence-electron chi connectivity index (χ0n) is 22.9. The number of alkyl carbamates (subject to hydrolysis) is 1. The second-order valence-corrected chi connectivity index (χ2v) is 11.1. The molecule has 0 saturated carbocycles. The van der Waals surface area contributed by atoms with Crippen LogP contribution in [0.1, 0.15) is 98.2 Å². The van der Waals surface area contributed by atoms with Crippen LogP contribution in [-0.2, 0) is 14.3 Å². The van der Waals surface area contributed by atoms with Crippen LogP contribution < -0.4 is 10.6 Å². The van der Waals surface area contributed by atoms with E-state index in [0.717, 1.165) is 19.3 Å². The molecule has 1 aromatic rings. The number of aromatic hydroxyl groups is 1. The monoisotopic (exact) mass is 491 g/mol. The lowest BCUT2D eigenvalue weighted by molar-refractivity contribution is -0.143. The van der Waals surface area contributed by atoms with Gasteiger partial charge in [0.2, 0.25) is 11.8 Å². The first-order valence-corrected chi connectivity index (χ1v) is 12.5. The molecule has 35 heavy (non-hydrogen) atoms. The Morgan fingerprint density at radius 1 is 1.06 bits per heavy atom. The van der Waals surface area contributed by atoms with Gasteiger partial charge in [0.15, 0.2) is 0 Å². The van der Waals surface area contributed by atoms with Crippen LogP contribution in [0.5, 0.6) is 5.75 Å². The number of aryl methyl sites for hydroxylation is 1. The van der Waals surface area contributed by atoms with Gasteiger partial charge in [0.25, 0.3) is 0 Å². The number of hydrogen-bond acceptors (Lipinski definition) is 5. The van der Waals surface area contributed by atoms with E-state index in [9.17, 15) is 19.5 Å². The standard InChI is InChI=1S/C27H45N3O5/c1-10-11-12-13-17-30(24(33)19(3)28-25(34)35-27(7,8)9)21(23(32)29-26(4,5)6)20-16-14-15-18(2)22(20)31/h14-16,19,21,31H,10-13,17H2,1-9H3,(H,28,34)(H,29,32). The van der Waals surface area contributed by atoms with E-state index in [1.165, 1.54) is 4.90 Å². The van der Waals surface area contributed by atoms with E-state index in [4.69, 9.17) is 4.74 Å². The number of carbonyl (C=O) groups is 3. The van der Waals surface area contributed by atoms with E-state index in [-0.39, 0.29) is 5.75 Å². The summed E-state index contributed by atoms with van der Waals surface area (Å²) in [7, 11) is 0. The molecule has 0 aliphatic heterocycles. The lowest BCUT2D eigenvalue weighted by atomic mass is 9.97. The van der Waals surface area contributed by atoms with E-state index in [1.807, 2.05) is 20.8 Å². The van der Waals surface area contributed by atoms with E-state index >= 15 is 0 Å². The quantitative estimate of drug-likeness (QED) is 0.400. The van der Waals surface area contributed by atoms with Crippen molar-refractivity contribution < 1.29 is 24.2 Å². The first-order valence-electron chi connectivity index (χ1n) is 12.5. The number of hydrogen-bond donors (Lipinski definition) is 3. The van der Waals surface area contributed by atoms with Crippen molar-refractivity contribution in [3.63, 3.8) is 0 Å². The van der Waals surface area contributed by atoms with E-state index in [2.05, 4.69) is 17.6 Å². The molecule has 198 valence electrons. The number of rotatable bonds is 10. The van der Waals surface area contributed by atoms with E-state index in [0.29, 0.717) is 24.1 Å². The van der Waals surface area contributed by atoms with Crippen LogP contribution >= 0.6 is 0 Å². The number of ether oxygens (including phenoxy) is 1. The van der Waals surface area contributed by atoms with Gasteiger partial charge >= 0.3 is 6.09 Å². The normalized spacial score (nSPS) is 13.5. The van der Waals surface area contributed by atoms with Crippen molar-refractivity contribution in [2.24, 2.45) is 0 Å². The number of phenolic OH excluding ortho intramolecular Hbond substituents is 1. The highest BCUT2D eigenvalue weighted by Gasteiger charge is 2.37. The molecule has 0 aliphatic rings. The molecule has 0 fully saturated rings. The summed E-state index contributed by atoms with van der Waals surface area (Å²) in [5, 5.41) is 16.4. The lowest BCUT2D eigenvalue weighted by Crippen LogP contribution is -2.54. The van der Waals surface area contributed by atoms with Crippen molar-refractivity contribution in [1.29, 1.82) is 0 Å². The van der Waals surface area contributed by atoms with Crippen molar-refractivity contribution in [1.82, 2.24) is 15.5 Å². The lowest BCUT2D eigenvalue weighted by Gasteiger charge is -2.35. The highest BCUT2D eigenvalue weighted by Crippen LogP contribution is 2.33. The topological polar surface area (TPSA) is 108 Å². The minimum atomic E-state index is -1.06. The van der Waals surface area contributed by atoms with Crippen LogP contribution in [0.25, 0.3) is 0 Å². The Bertz CT molecular complexity index is 871. The number of benzene rings is 1. The molecule has 0 aliphatic carbocycles. The number of carbonyl (C=O) groups excluding carboxylic acids is 3. The summed E-state index contributed by atoms with van der Waals surface area (Å²) >= 11 is 0. The molecule has 8 nitrogen and oxygen atoms in total. The first kappa shape index (κ1) is 30.3. The van der Waals surface area contributed by atoms with Crippen molar-refractivity contribution >= 4 is 17.9 Å². The minimum Gasteiger partial charge on any atom is -0.507 e. The molecular weight excluding hydrogens is 446 g/mol. The maximum absolute atomic E-state index is 13.7. The Balaban J connectivity index is 3.42. The molecule has 0 bridgehead atoms. The van der Waals surface area contributed by atoms with Crippen molar-refractivity contribution in [2.75, 3.05) is 6.54 Å². The van der Waals surface area contributed by atoms with Crippen molar-refractivity contribution in [3.8, 4) is 5.75 Å². The zero-order valence-corrected chi connectivity index (χ0v) is 22.9. The molecule has 0 saturated heterocycles. The predicted octanol–water partition coefficient (Wildman–Crippen LogP) is 4.98. The third kappa shape index (κ3) is 10.2. The average Bonchev–Trinajstić information content (AvgIpc) is 2.69. The number of amides is 3. The largest absolute Gasteiger partial charge is 0.507 e. The number of phenols is 1. The molecule has 1 aromatic carbocycles. The van der Waals surface area contributed by atoms with Crippen LogP contribution in [0.3, 0.4) is 0 Å². The summed E-state index contributed by atoms with van der Waals surface area (Å²) in [4.78, 5) is 41.0. The smallest absolute Gasteiger partial charge is 0.408 e. The summed E-state index contributed by atoms with van der Waals surface area (Å²) < 4.78 is 5.30. The molecule has 3 N–H and O–H groups in total. The van der Waals surface area contributed by atoms with Gasteiger partial charge in [-0.15, -0.1) is 0 Å². The zero-order chi connectivity index (χ0) is 27.0. The molecule has 2 unspecified atom stereocenters. The second kappa shape index (κ2) is 12.8. The molecule has 1 rings (SSSR count). The van der Waals surface area contributed by atoms with Gasteiger partial charge in [-0.3, -0.25) is 9.59 Å². The van der Waals surface area contributed by atoms with E-state index in [1.54, 1.807) is 52.8 Å². The Labute approximate surface area is 210 Å². The molecule has 0 aromatic heterocycles. The van der Waals surface area contributed by atoms with Crippen LogP contribution in [0.15, 0.2) is 18.2 Å². The first-order chi connectivity index (χ1) is 16.1. The van der Waals surface area contributed by atoms with Crippen molar-refractivity contribution in [3.05, 3.63) is 29.3 Å². The van der Waals surface area contributed by atoms with Gasteiger partial charge in [-0.05, 0) is 67.4 Å². The number of unbranched alkanes of at least 4 members (excludes halogenated alkanes) is 3. The summed E-state index contributed by atoms with van der Waals surface area (Å²) in [6.45, 7) is 16.5. The third-order valence-corrected chi connectivity index (χ3v) is 5.26. The summed E-state index contributed by atoms with van der Waals surface area (Å²) in [6, 6.07) is 3.16. The molecule has 8 heteroatoms. The Hall–Kier alpha value is -2.77. The van der Waals surface area contributed by atoms with Gasteiger partial charge in [-0.1, -0.05) is 44.4 Å². The molecule has 0 heterocycles. The second-order valence-electron chi connectivity index (χ2n) is 11.1. The third-order valence-electron chi connectivity index (χ3n) is 5.26. The predicted molar refractivity (Wildman–Crippen MR) is 138 cm³/mol. The SMILES string of the molecule is CCCCCCN(C(=O)C(C)NC(=O)OC(C)(C)C)C(C(=O)NC(C)(C)C)c1cccc(C)c1O. The van der Waals surface area contributed by atoms with Gasteiger partial charge in [-0.25, -0.2) is 4.79 Å².